The molecule has 4 heteroatoms. The van der Waals surface area contributed by atoms with Crippen molar-refractivity contribution in [3.05, 3.63) is 71.8 Å². The highest BCUT2D eigenvalue weighted by Crippen LogP contribution is 2.45. The first kappa shape index (κ1) is 19.4. The number of carbonyl (C=O) groups is 1. The fraction of sp³-hybridized carbons (Fsp3) is 0.435. The van der Waals surface area contributed by atoms with Crippen LogP contribution >= 0.6 is 0 Å². The van der Waals surface area contributed by atoms with Gasteiger partial charge in [0.1, 0.15) is 0 Å². The molecule has 1 N–H and O–H groups in total. The van der Waals surface area contributed by atoms with Crippen LogP contribution in [0.5, 0.6) is 0 Å². The summed E-state index contributed by atoms with van der Waals surface area (Å²) in [4.78, 5) is 14.1. The van der Waals surface area contributed by atoms with Crippen LogP contribution in [0, 0.1) is 0 Å². The Morgan fingerprint density at radius 1 is 1.00 bits per heavy atom. The van der Waals surface area contributed by atoms with E-state index in [0.29, 0.717) is 19.4 Å². The van der Waals surface area contributed by atoms with Crippen LogP contribution in [0.2, 0.25) is 0 Å². The Morgan fingerprint density at radius 2 is 1.56 bits per heavy atom. The van der Waals surface area contributed by atoms with Crippen LogP contribution in [0.25, 0.3) is 0 Å². The predicted molar refractivity (Wildman–Crippen MR) is 106 cm³/mol. The maximum Gasteiger partial charge on any atom is 0.412 e. The number of aliphatic hydroxyl groups is 1. The number of hydrogen-bond donors (Lipinski definition) is 1. The third-order valence-corrected chi connectivity index (χ3v) is 5.86. The van der Waals surface area contributed by atoms with Gasteiger partial charge in [-0.3, -0.25) is 4.90 Å². The van der Waals surface area contributed by atoms with Crippen molar-refractivity contribution < 1.29 is 14.6 Å². The fourth-order valence-electron chi connectivity index (χ4n) is 4.04. The molecular formula is C23H29NO3. The molecule has 0 unspecified atom stereocenters. The van der Waals surface area contributed by atoms with E-state index in [0.717, 1.165) is 11.1 Å². The van der Waals surface area contributed by atoms with Crippen LogP contribution in [0.3, 0.4) is 0 Å². The van der Waals surface area contributed by atoms with Gasteiger partial charge in [0.05, 0.1) is 0 Å². The van der Waals surface area contributed by atoms with Gasteiger partial charge in [0.15, 0.2) is 11.3 Å². The largest absolute Gasteiger partial charge is 0.438 e. The zero-order chi connectivity index (χ0) is 19.7. The molecule has 144 valence electrons. The van der Waals surface area contributed by atoms with Crippen LogP contribution in [0.15, 0.2) is 60.7 Å². The van der Waals surface area contributed by atoms with Crippen molar-refractivity contribution in [2.75, 3.05) is 6.54 Å². The Hall–Kier alpha value is -2.33. The maximum atomic E-state index is 12.6. The lowest BCUT2D eigenvalue weighted by atomic mass is 9.72. The summed E-state index contributed by atoms with van der Waals surface area (Å²) < 4.78 is 5.76. The number of cyclic esters (lactones) is 1. The summed E-state index contributed by atoms with van der Waals surface area (Å²) >= 11 is 0. The van der Waals surface area contributed by atoms with E-state index in [9.17, 15) is 9.90 Å². The molecular weight excluding hydrogens is 338 g/mol. The van der Waals surface area contributed by atoms with Gasteiger partial charge in [-0.05, 0) is 36.8 Å². The van der Waals surface area contributed by atoms with Crippen LogP contribution in [0.1, 0.15) is 45.2 Å². The lowest BCUT2D eigenvalue weighted by Crippen LogP contribution is -2.57. The molecule has 2 aromatic carbocycles. The Labute approximate surface area is 161 Å². The molecule has 4 nitrogen and oxygen atoms in total. The van der Waals surface area contributed by atoms with Gasteiger partial charge < -0.3 is 9.84 Å². The molecule has 0 aliphatic carbocycles. The molecule has 3 rings (SSSR count). The van der Waals surface area contributed by atoms with E-state index in [-0.39, 0.29) is 5.41 Å². The van der Waals surface area contributed by atoms with Crippen molar-refractivity contribution in [3.63, 3.8) is 0 Å². The molecule has 1 amide bonds. The number of nitrogens with zero attached hydrogens (tertiary/aromatic N) is 1. The van der Waals surface area contributed by atoms with Crippen molar-refractivity contribution in [3.8, 4) is 0 Å². The summed E-state index contributed by atoms with van der Waals surface area (Å²) in [6.07, 6.45) is 0.733. The van der Waals surface area contributed by atoms with Gasteiger partial charge in [0.2, 0.25) is 0 Å². The average Bonchev–Trinajstić information content (AvgIpc) is 2.78. The van der Waals surface area contributed by atoms with E-state index in [1.807, 2.05) is 55.5 Å². The fourth-order valence-corrected chi connectivity index (χ4v) is 4.04. The Balaban J connectivity index is 1.78. The molecule has 0 radical (unpaired) electrons. The molecule has 0 saturated carbocycles. The highest BCUT2D eigenvalue weighted by Gasteiger charge is 2.60. The second-order valence-corrected chi connectivity index (χ2v) is 8.43. The van der Waals surface area contributed by atoms with Crippen molar-refractivity contribution in [1.29, 1.82) is 0 Å². The molecule has 1 saturated heterocycles. The van der Waals surface area contributed by atoms with Crippen molar-refractivity contribution in [1.82, 2.24) is 4.90 Å². The number of carbonyl (C=O) groups excluding carboxylic acids is 1. The van der Waals surface area contributed by atoms with Gasteiger partial charge in [0.25, 0.3) is 0 Å². The molecule has 1 heterocycles. The van der Waals surface area contributed by atoms with Crippen LogP contribution in [-0.4, -0.2) is 34.0 Å². The summed E-state index contributed by atoms with van der Waals surface area (Å²) in [6.45, 7) is 8.16. The number of rotatable bonds is 6. The number of amides is 1. The second-order valence-electron chi connectivity index (χ2n) is 8.43. The molecule has 27 heavy (non-hydrogen) atoms. The molecule has 0 spiro atoms. The second kappa shape index (κ2) is 7.01. The van der Waals surface area contributed by atoms with Crippen molar-refractivity contribution in [2.45, 2.75) is 57.3 Å². The highest BCUT2D eigenvalue weighted by molar-refractivity contribution is 5.72. The normalized spacial score (nSPS) is 25.5. The van der Waals surface area contributed by atoms with Gasteiger partial charge >= 0.3 is 6.09 Å². The molecule has 2 aromatic rings. The van der Waals surface area contributed by atoms with Gasteiger partial charge in [-0.2, -0.15) is 0 Å². The minimum atomic E-state index is -1.38. The van der Waals surface area contributed by atoms with Crippen LogP contribution < -0.4 is 0 Å². The zero-order valence-corrected chi connectivity index (χ0v) is 16.6. The van der Waals surface area contributed by atoms with Crippen LogP contribution in [-0.2, 0) is 16.6 Å². The van der Waals surface area contributed by atoms with E-state index in [1.54, 1.807) is 6.92 Å². The SMILES string of the molecule is CC(C)(C[C@@]1(C)OC(=O)N(CCc2ccccc2)[C@@]1(C)O)c1ccccc1. The summed E-state index contributed by atoms with van der Waals surface area (Å²) in [5.74, 6) is 0. The topological polar surface area (TPSA) is 49.8 Å². The first-order valence-corrected chi connectivity index (χ1v) is 9.48. The number of ether oxygens (including phenoxy) is 1. The summed E-state index contributed by atoms with van der Waals surface area (Å²) in [6, 6.07) is 20.1. The predicted octanol–water partition coefficient (Wildman–Crippen LogP) is 4.52. The van der Waals surface area contributed by atoms with E-state index < -0.39 is 17.4 Å². The zero-order valence-electron chi connectivity index (χ0n) is 16.6. The number of benzene rings is 2. The van der Waals surface area contributed by atoms with E-state index in [2.05, 4.69) is 26.0 Å². The van der Waals surface area contributed by atoms with Gasteiger partial charge in [-0.25, -0.2) is 4.79 Å². The smallest absolute Gasteiger partial charge is 0.412 e. The molecule has 1 fully saturated rings. The van der Waals surface area contributed by atoms with E-state index >= 15 is 0 Å². The third-order valence-electron chi connectivity index (χ3n) is 5.86. The lowest BCUT2D eigenvalue weighted by Gasteiger charge is -2.42. The Kier molecular flexibility index (Phi) is 5.04. The summed E-state index contributed by atoms with van der Waals surface area (Å²) in [7, 11) is 0. The Bertz CT molecular complexity index is 786. The minimum absolute atomic E-state index is 0.254. The monoisotopic (exact) mass is 367 g/mol. The van der Waals surface area contributed by atoms with Crippen LogP contribution in [0.4, 0.5) is 4.79 Å². The summed E-state index contributed by atoms with van der Waals surface area (Å²) in [5.41, 5.74) is -0.360. The minimum Gasteiger partial charge on any atom is -0.438 e. The first-order valence-electron chi connectivity index (χ1n) is 9.48. The maximum absolute atomic E-state index is 12.6. The molecule has 1 aliphatic heterocycles. The first-order chi connectivity index (χ1) is 12.7. The average molecular weight is 367 g/mol. The van der Waals surface area contributed by atoms with Crippen molar-refractivity contribution >= 4 is 6.09 Å². The lowest BCUT2D eigenvalue weighted by molar-refractivity contribution is -0.145. The van der Waals surface area contributed by atoms with E-state index in [1.165, 1.54) is 4.90 Å². The molecule has 0 aromatic heterocycles. The number of hydrogen-bond acceptors (Lipinski definition) is 3. The third kappa shape index (κ3) is 3.72. The molecule has 1 aliphatic rings. The quantitative estimate of drug-likeness (QED) is 0.817. The highest BCUT2D eigenvalue weighted by atomic mass is 16.6. The van der Waals surface area contributed by atoms with Gasteiger partial charge in [-0.15, -0.1) is 0 Å². The standard InChI is InChI=1S/C23H29NO3/c1-21(2,19-13-9-6-10-14-19)17-22(3)23(4,26)24(20(25)27-22)16-15-18-11-7-5-8-12-18/h5-14,26H,15-17H2,1-4H3/t22-,23+/m1/s1. The van der Waals surface area contributed by atoms with E-state index in [4.69, 9.17) is 4.74 Å². The summed E-state index contributed by atoms with van der Waals surface area (Å²) in [5, 5.41) is 11.3. The van der Waals surface area contributed by atoms with Crippen molar-refractivity contribution in [2.24, 2.45) is 0 Å². The van der Waals surface area contributed by atoms with Gasteiger partial charge in [-0.1, -0.05) is 74.5 Å². The molecule has 0 bridgehead atoms. The molecule has 2 atom stereocenters. The van der Waals surface area contributed by atoms with Gasteiger partial charge in [0, 0.05) is 13.0 Å². The Morgan fingerprint density at radius 3 is 2.15 bits per heavy atom.